The molecule has 2 rings (SSSR count). The van der Waals surface area contributed by atoms with Crippen molar-refractivity contribution in [2.75, 3.05) is 0 Å². The number of hydrogen-bond donors (Lipinski definition) is 0. The summed E-state index contributed by atoms with van der Waals surface area (Å²) in [6.07, 6.45) is 4.73. The van der Waals surface area contributed by atoms with Crippen LogP contribution in [0.15, 0.2) is 0 Å². The molecule has 0 bridgehead atoms. The molecule has 80 valence electrons. The van der Waals surface area contributed by atoms with Crippen LogP contribution < -0.4 is 0 Å². The number of hydrogen-bond acceptors (Lipinski definition) is 2. The third-order valence-electron chi connectivity index (χ3n) is 3.72. The molecule has 0 aromatic heterocycles. The zero-order valence-corrected chi connectivity index (χ0v) is 10.3. The summed E-state index contributed by atoms with van der Waals surface area (Å²) >= 11 is 3.53. The summed E-state index contributed by atoms with van der Waals surface area (Å²) in [5.41, 5.74) is 0. The van der Waals surface area contributed by atoms with Crippen LogP contribution in [0.2, 0.25) is 0 Å². The molecule has 0 aromatic carbocycles. The minimum atomic E-state index is -0.429. The second kappa shape index (κ2) is 3.51. The van der Waals surface area contributed by atoms with Crippen LogP contribution in [0.25, 0.3) is 0 Å². The lowest BCUT2D eigenvalue weighted by atomic mass is 9.88. The first-order valence-corrected chi connectivity index (χ1v) is 6.21. The number of esters is 1. The van der Waals surface area contributed by atoms with Gasteiger partial charge in [0.2, 0.25) is 0 Å². The van der Waals surface area contributed by atoms with Crippen molar-refractivity contribution in [3.63, 3.8) is 0 Å². The molecule has 1 aliphatic carbocycles. The second-order valence-corrected chi connectivity index (χ2v) is 6.53. The Balaban J connectivity index is 2.17. The van der Waals surface area contributed by atoms with Gasteiger partial charge in [-0.2, -0.15) is 0 Å². The maximum Gasteiger partial charge on any atom is 0.323 e. The normalized spacial score (nSPS) is 48.2. The van der Waals surface area contributed by atoms with E-state index in [2.05, 4.69) is 22.9 Å². The molecule has 1 saturated carbocycles. The molecule has 0 radical (unpaired) electrons. The number of ether oxygens (including phenoxy) is 1. The number of halogens is 1. The van der Waals surface area contributed by atoms with Crippen molar-refractivity contribution >= 4 is 21.9 Å². The number of carbonyl (C=O) groups excluding carboxylic acids is 1. The standard InChI is InChI=1S/C11H17BrO2/c1-7-3-5-8-9(6-4-7)14-10(13)11(8,2)12/h7-9H,3-6H2,1-2H3/t7-,8+,9-,11-/m0/s1. The Morgan fingerprint density at radius 1 is 1.36 bits per heavy atom. The molecule has 1 aliphatic heterocycles. The van der Waals surface area contributed by atoms with Crippen molar-refractivity contribution < 1.29 is 9.53 Å². The predicted molar refractivity (Wildman–Crippen MR) is 58.3 cm³/mol. The van der Waals surface area contributed by atoms with Crippen LogP contribution in [-0.2, 0) is 9.53 Å². The molecule has 4 atom stereocenters. The molecule has 0 N–H and O–H groups in total. The van der Waals surface area contributed by atoms with Crippen LogP contribution in [-0.4, -0.2) is 16.4 Å². The van der Waals surface area contributed by atoms with Gasteiger partial charge >= 0.3 is 5.97 Å². The van der Waals surface area contributed by atoms with Gasteiger partial charge in [0.05, 0.1) is 0 Å². The van der Waals surface area contributed by atoms with E-state index < -0.39 is 4.32 Å². The van der Waals surface area contributed by atoms with Gasteiger partial charge in [-0.1, -0.05) is 29.3 Å². The first-order chi connectivity index (χ1) is 6.51. The highest BCUT2D eigenvalue weighted by atomic mass is 79.9. The molecule has 0 unspecified atom stereocenters. The SMILES string of the molecule is C[C@@H]1CC[C@@H]2OC(=O)[C@@](C)(Br)[C@@H]2CC1. The summed E-state index contributed by atoms with van der Waals surface area (Å²) in [6, 6.07) is 0. The molecule has 1 heterocycles. The van der Waals surface area contributed by atoms with Crippen LogP contribution in [0, 0.1) is 11.8 Å². The van der Waals surface area contributed by atoms with E-state index in [9.17, 15) is 4.79 Å². The van der Waals surface area contributed by atoms with Crippen LogP contribution in [0.3, 0.4) is 0 Å². The Morgan fingerprint density at radius 2 is 2.00 bits per heavy atom. The van der Waals surface area contributed by atoms with E-state index in [1.165, 1.54) is 12.8 Å². The first kappa shape index (κ1) is 10.5. The average molecular weight is 261 g/mol. The van der Waals surface area contributed by atoms with E-state index >= 15 is 0 Å². The first-order valence-electron chi connectivity index (χ1n) is 5.42. The Hall–Kier alpha value is -0.0500. The Bertz CT molecular complexity index is 250. The molecular weight excluding hydrogens is 244 g/mol. The molecule has 14 heavy (non-hydrogen) atoms. The number of rotatable bonds is 0. The molecule has 2 nitrogen and oxygen atoms in total. The molecule has 0 amide bonds. The summed E-state index contributed by atoms with van der Waals surface area (Å²) in [5.74, 6) is 1.09. The lowest BCUT2D eigenvalue weighted by molar-refractivity contribution is -0.143. The number of carbonyl (C=O) groups is 1. The number of alkyl halides is 1. The molecule has 3 heteroatoms. The fraction of sp³-hybridized carbons (Fsp3) is 0.909. The van der Waals surface area contributed by atoms with E-state index in [1.807, 2.05) is 6.92 Å². The van der Waals surface area contributed by atoms with Crippen molar-refractivity contribution in [1.29, 1.82) is 0 Å². The average Bonchev–Trinajstić information content (AvgIpc) is 2.25. The smallest absolute Gasteiger partial charge is 0.323 e. The summed E-state index contributed by atoms with van der Waals surface area (Å²) in [4.78, 5) is 11.6. The highest BCUT2D eigenvalue weighted by molar-refractivity contribution is 9.10. The van der Waals surface area contributed by atoms with Gasteiger partial charge in [-0.05, 0) is 32.1 Å². The van der Waals surface area contributed by atoms with Gasteiger partial charge in [0.25, 0.3) is 0 Å². The summed E-state index contributed by atoms with van der Waals surface area (Å²) < 4.78 is 4.99. The molecule has 0 aromatic rings. The van der Waals surface area contributed by atoms with Crippen molar-refractivity contribution in [3.8, 4) is 0 Å². The Labute approximate surface area is 93.5 Å². The zero-order chi connectivity index (χ0) is 10.3. The van der Waals surface area contributed by atoms with Crippen LogP contribution in [0.4, 0.5) is 0 Å². The van der Waals surface area contributed by atoms with Gasteiger partial charge < -0.3 is 4.74 Å². The van der Waals surface area contributed by atoms with Gasteiger partial charge in [0, 0.05) is 5.92 Å². The van der Waals surface area contributed by atoms with Crippen LogP contribution in [0.5, 0.6) is 0 Å². The predicted octanol–water partition coefficient (Wildman–Crippen LogP) is 2.89. The molecule has 1 saturated heterocycles. The van der Waals surface area contributed by atoms with Gasteiger partial charge in [0.15, 0.2) is 0 Å². The summed E-state index contributed by atoms with van der Waals surface area (Å²) in [6.45, 7) is 4.24. The van der Waals surface area contributed by atoms with Crippen molar-refractivity contribution in [2.45, 2.75) is 50.0 Å². The highest BCUT2D eigenvalue weighted by Crippen LogP contribution is 2.45. The van der Waals surface area contributed by atoms with E-state index in [0.717, 1.165) is 18.8 Å². The lowest BCUT2D eigenvalue weighted by Gasteiger charge is -2.21. The van der Waals surface area contributed by atoms with Gasteiger partial charge in [0.1, 0.15) is 10.4 Å². The number of fused-ring (bicyclic) bond motifs is 1. The van der Waals surface area contributed by atoms with E-state index in [4.69, 9.17) is 4.74 Å². The van der Waals surface area contributed by atoms with Crippen molar-refractivity contribution in [1.82, 2.24) is 0 Å². The van der Waals surface area contributed by atoms with Gasteiger partial charge in [-0.25, -0.2) is 0 Å². The monoisotopic (exact) mass is 260 g/mol. The quantitative estimate of drug-likeness (QED) is 0.495. The highest BCUT2D eigenvalue weighted by Gasteiger charge is 2.52. The van der Waals surface area contributed by atoms with E-state index in [0.29, 0.717) is 5.92 Å². The maximum absolute atomic E-state index is 11.6. The minimum absolute atomic E-state index is 0.0675. The van der Waals surface area contributed by atoms with E-state index in [1.54, 1.807) is 0 Å². The molecule has 0 spiro atoms. The fourth-order valence-electron chi connectivity index (χ4n) is 2.61. The zero-order valence-electron chi connectivity index (χ0n) is 8.75. The van der Waals surface area contributed by atoms with Crippen LogP contribution >= 0.6 is 15.9 Å². The lowest BCUT2D eigenvalue weighted by Crippen LogP contribution is -2.31. The fourth-order valence-corrected chi connectivity index (χ4v) is 3.23. The van der Waals surface area contributed by atoms with E-state index in [-0.39, 0.29) is 12.1 Å². The minimum Gasteiger partial charge on any atom is -0.461 e. The summed E-state index contributed by atoms with van der Waals surface area (Å²) in [5, 5.41) is 0. The van der Waals surface area contributed by atoms with Gasteiger partial charge in [-0.3, -0.25) is 4.79 Å². The topological polar surface area (TPSA) is 26.3 Å². The van der Waals surface area contributed by atoms with Gasteiger partial charge in [-0.15, -0.1) is 0 Å². The van der Waals surface area contributed by atoms with Crippen LogP contribution in [0.1, 0.15) is 39.5 Å². The molecular formula is C11H17BrO2. The Kier molecular flexibility index (Phi) is 2.63. The molecule has 2 fully saturated rings. The summed E-state index contributed by atoms with van der Waals surface area (Å²) in [7, 11) is 0. The maximum atomic E-state index is 11.6. The molecule has 2 aliphatic rings. The van der Waals surface area contributed by atoms with Crippen molar-refractivity contribution in [3.05, 3.63) is 0 Å². The second-order valence-electron chi connectivity index (χ2n) is 4.89. The Morgan fingerprint density at radius 3 is 2.71 bits per heavy atom. The third kappa shape index (κ3) is 1.60. The largest absolute Gasteiger partial charge is 0.461 e. The third-order valence-corrected chi connectivity index (χ3v) is 4.63. The van der Waals surface area contributed by atoms with Crippen molar-refractivity contribution in [2.24, 2.45) is 11.8 Å².